The van der Waals surface area contributed by atoms with Crippen LogP contribution in [0.2, 0.25) is 0 Å². The summed E-state index contributed by atoms with van der Waals surface area (Å²) in [5.41, 5.74) is 9.66. The molecule has 0 bridgehead atoms. The third kappa shape index (κ3) is 5.46. The highest BCUT2D eigenvalue weighted by atomic mass is 16.6. The molecule has 7 heteroatoms. The number of carbonyl (C=O) groups is 2. The van der Waals surface area contributed by atoms with Crippen molar-refractivity contribution in [3.05, 3.63) is 46.6 Å². The largest absolute Gasteiger partial charge is 0.444 e. The normalized spacial score (nSPS) is 14.3. The number of nitrogens with two attached hydrogens (primary N) is 1. The molecule has 1 amide bonds. The van der Waals surface area contributed by atoms with E-state index in [-0.39, 0.29) is 17.4 Å². The van der Waals surface area contributed by atoms with Crippen LogP contribution in [0.5, 0.6) is 0 Å². The van der Waals surface area contributed by atoms with E-state index in [1.165, 1.54) is 10.2 Å². The number of carbonyl (C=O) groups excluding carboxylic acids is 2. The first-order valence-electron chi connectivity index (χ1n) is 10.8. The average Bonchev–Trinajstić information content (AvgIpc) is 3.00. The zero-order valence-electron chi connectivity index (χ0n) is 19.5. The number of ether oxygens (including phenoxy) is 1. The summed E-state index contributed by atoms with van der Waals surface area (Å²) in [6, 6.07) is 8.38. The summed E-state index contributed by atoms with van der Waals surface area (Å²) in [7, 11) is 0. The first-order chi connectivity index (χ1) is 14.3. The molecule has 1 aliphatic rings. The van der Waals surface area contributed by atoms with Gasteiger partial charge in [-0.05, 0) is 50.2 Å². The lowest BCUT2D eigenvalue weighted by molar-refractivity contribution is 0.0221. The second-order valence-electron chi connectivity index (χ2n) is 10.2. The van der Waals surface area contributed by atoms with E-state index >= 15 is 0 Å². The van der Waals surface area contributed by atoms with Crippen molar-refractivity contribution in [1.82, 2.24) is 14.7 Å². The van der Waals surface area contributed by atoms with Crippen molar-refractivity contribution in [3.8, 4) is 0 Å². The van der Waals surface area contributed by atoms with Crippen molar-refractivity contribution >= 4 is 17.8 Å². The predicted octanol–water partition coefficient (Wildman–Crippen LogP) is 4.33. The summed E-state index contributed by atoms with van der Waals surface area (Å²) in [4.78, 5) is 26.8. The molecule has 0 radical (unpaired) electrons. The second-order valence-corrected chi connectivity index (χ2v) is 10.2. The van der Waals surface area contributed by atoms with E-state index < -0.39 is 5.60 Å². The van der Waals surface area contributed by atoms with Gasteiger partial charge >= 0.3 is 6.09 Å². The van der Waals surface area contributed by atoms with Crippen molar-refractivity contribution in [2.45, 2.75) is 78.4 Å². The molecular formula is C24H34N4O3. The van der Waals surface area contributed by atoms with E-state index in [4.69, 9.17) is 10.5 Å². The molecule has 1 aliphatic heterocycles. The van der Waals surface area contributed by atoms with Crippen LogP contribution in [-0.4, -0.2) is 38.8 Å². The minimum atomic E-state index is -0.559. The van der Waals surface area contributed by atoms with Gasteiger partial charge in [0, 0.05) is 18.5 Å². The van der Waals surface area contributed by atoms with E-state index in [0.29, 0.717) is 43.9 Å². The molecule has 31 heavy (non-hydrogen) atoms. The quantitative estimate of drug-likeness (QED) is 0.789. The second kappa shape index (κ2) is 8.36. The van der Waals surface area contributed by atoms with Gasteiger partial charge in [-0.25, -0.2) is 4.79 Å². The van der Waals surface area contributed by atoms with E-state index in [2.05, 4.69) is 50.1 Å². The lowest BCUT2D eigenvalue weighted by Crippen LogP contribution is -2.39. The van der Waals surface area contributed by atoms with Gasteiger partial charge in [0.25, 0.3) is 0 Å². The molecule has 1 aromatic heterocycles. The van der Waals surface area contributed by atoms with Crippen molar-refractivity contribution in [1.29, 1.82) is 0 Å². The molecule has 0 fully saturated rings. The van der Waals surface area contributed by atoms with Gasteiger partial charge in [-0.3, -0.25) is 4.79 Å². The molecule has 0 spiro atoms. The molecule has 0 saturated carbocycles. The minimum absolute atomic E-state index is 0.101. The van der Waals surface area contributed by atoms with Gasteiger partial charge < -0.3 is 15.4 Å². The van der Waals surface area contributed by atoms with Gasteiger partial charge in [-0.2, -0.15) is 9.78 Å². The molecule has 7 nitrogen and oxygen atoms in total. The fraction of sp³-hybridized carbons (Fsp3) is 0.542. The maximum absolute atomic E-state index is 12.8. The van der Waals surface area contributed by atoms with Gasteiger partial charge in [0.05, 0.1) is 12.2 Å². The van der Waals surface area contributed by atoms with Crippen LogP contribution in [0, 0.1) is 0 Å². The molecule has 1 aromatic carbocycles. The Kier molecular flexibility index (Phi) is 6.16. The maximum atomic E-state index is 12.8. The standard InChI is InChI=1S/C24H34N4O3/c1-23(2,3)17-10-7-16(8-11-17)9-12-20(29)28-21(25)18-13-14-27(15-19(18)26-28)22(30)31-24(4,5)6/h7-8,10-11H,9,12-15,25H2,1-6H3. The summed E-state index contributed by atoms with van der Waals surface area (Å²) in [6.07, 6.45) is 1.12. The molecule has 0 aliphatic carbocycles. The highest BCUT2D eigenvalue weighted by molar-refractivity contribution is 5.82. The number of fused-ring (bicyclic) bond motifs is 1. The number of hydrogen-bond acceptors (Lipinski definition) is 5. The van der Waals surface area contributed by atoms with Crippen LogP contribution >= 0.6 is 0 Å². The smallest absolute Gasteiger partial charge is 0.410 e. The van der Waals surface area contributed by atoms with Crippen molar-refractivity contribution in [3.63, 3.8) is 0 Å². The average molecular weight is 427 g/mol. The van der Waals surface area contributed by atoms with Gasteiger partial charge in [0.1, 0.15) is 11.4 Å². The number of anilines is 1. The maximum Gasteiger partial charge on any atom is 0.410 e. The predicted molar refractivity (Wildman–Crippen MR) is 121 cm³/mol. The van der Waals surface area contributed by atoms with E-state index in [9.17, 15) is 9.59 Å². The Balaban J connectivity index is 1.65. The Bertz CT molecular complexity index is 962. The fourth-order valence-corrected chi connectivity index (χ4v) is 3.62. The molecule has 2 aromatic rings. The highest BCUT2D eigenvalue weighted by Gasteiger charge is 2.30. The number of amides is 1. The van der Waals surface area contributed by atoms with Gasteiger partial charge in [-0.15, -0.1) is 0 Å². The zero-order chi connectivity index (χ0) is 23.0. The fourth-order valence-electron chi connectivity index (χ4n) is 3.62. The van der Waals surface area contributed by atoms with Crippen LogP contribution in [0.1, 0.15) is 75.1 Å². The van der Waals surface area contributed by atoms with Crippen molar-refractivity contribution in [2.75, 3.05) is 12.3 Å². The number of hydrogen-bond donors (Lipinski definition) is 1. The van der Waals surface area contributed by atoms with Crippen LogP contribution in [0.4, 0.5) is 10.6 Å². The van der Waals surface area contributed by atoms with Crippen LogP contribution in [0.3, 0.4) is 0 Å². The molecule has 168 valence electrons. The number of benzene rings is 1. The zero-order valence-corrected chi connectivity index (χ0v) is 19.5. The van der Waals surface area contributed by atoms with Gasteiger partial charge in [-0.1, -0.05) is 45.0 Å². The molecule has 2 N–H and O–H groups in total. The minimum Gasteiger partial charge on any atom is -0.444 e. The highest BCUT2D eigenvalue weighted by Crippen LogP contribution is 2.26. The Hall–Kier alpha value is -2.83. The van der Waals surface area contributed by atoms with Crippen LogP contribution in [0.15, 0.2) is 24.3 Å². The molecule has 2 heterocycles. The summed E-state index contributed by atoms with van der Waals surface area (Å²) in [6.45, 7) is 12.8. The molecular weight excluding hydrogens is 392 g/mol. The number of aryl methyl sites for hydroxylation is 1. The first-order valence-corrected chi connectivity index (χ1v) is 10.8. The van der Waals surface area contributed by atoms with E-state index in [0.717, 1.165) is 11.1 Å². The van der Waals surface area contributed by atoms with Crippen molar-refractivity contribution in [2.24, 2.45) is 0 Å². The van der Waals surface area contributed by atoms with E-state index in [1.807, 2.05) is 20.8 Å². The van der Waals surface area contributed by atoms with Gasteiger partial charge in [0.15, 0.2) is 0 Å². The summed E-state index contributed by atoms with van der Waals surface area (Å²) in [5, 5.41) is 4.43. The Morgan fingerprint density at radius 1 is 1.10 bits per heavy atom. The molecule has 0 unspecified atom stereocenters. The van der Waals surface area contributed by atoms with Crippen molar-refractivity contribution < 1.29 is 14.3 Å². The number of nitrogens with zero attached hydrogens (tertiary/aromatic N) is 3. The lowest BCUT2D eigenvalue weighted by atomic mass is 9.86. The van der Waals surface area contributed by atoms with Crippen LogP contribution in [-0.2, 0) is 29.5 Å². The monoisotopic (exact) mass is 426 g/mol. The summed E-state index contributed by atoms with van der Waals surface area (Å²) >= 11 is 0. The first kappa shape index (κ1) is 22.8. The molecule has 3 rings (SSSR count). The third-order valence-electron chi connectivity index (χ3n) is 5.41. The van der Waals surface area contributed by atoms with Gasteiger partial charge in [0.2, 0.25) is 5.91 Å². The van der Waals surface area contributed by atoms with E-state index in [1.54, 1.807) is 4.90 Å². The Labute approximate surface area is 184 Å². The van der Waals surface area contributed by atoms with Crippen LogP contribution in [0.25, 0.3) is 0 Å². The SMILES string of the molecule is CC(C)(C)OC(=O)N1CCc2c(nn(C(=O)CCc3ccc(C(C)(C)C)cc3)c2N)C1. The third-order valence-corrected chi connectivity index (χ3v) is 5.41. The molecule has 0 atom stereocenters. The molecule has 0 saturated heterocycles. The Morgan fingerprint density at radius 2 is 1.74 bits per heavy atom. The Morgan fingerprint density at radius 3 is 2.32 bits per heavy atom. The lowest BCUT2D eigenvalue weighted by Gasteiger charge is -2.29. The summed E-state index contributed by atoms with van der Waals surface area (Å²) in [5.74, 6) is 0.238. The number of rotatable bonds is 3. The summed E-state index contributed by atoms with van der Waals surface area (Å²) < 4.78 is 6.75. The van der Waals surface area contributed by atoms with Crippen LogP contribution < -0.4 is 5.73 Å². The topological polar surface area (TPSA) is 90.5 Å². The number of aromatic nitrogens is 2. The number of nitrogen functional groups attached to an aromatic ring is 1.